The maximum Gasteiger partial charge on any atom is 0.203 e. The SMILES string of the molecule is CCOc1ccc2c(c1OCC)OC(C)(CC)CC2NC. The third-order valence-corrected chi connectivity index (χ3v) is 4.15. The van der Waals surface area contributed by atoms with Gasteiger partial charge in [0.1, 0.15) is 5.60 Å². The van der Waals surface area contributed by atoms with Crippen LogP contribution in [0.5, 0.6) is 17.2 Å². The van der Waals surface area contributed by atoms with Crippen LogP contribution in [-0.2, 0) is 0 Å². The molecule has 1 aromatic rings. The van der Waals surface area contributed by atoms with Crippen LogP contribution in [0.15, 0.2) is 12.1 Å². The van der Waals surface area contributed by atoms with Gasteiger partial charge >= 0.3 is 0 Å². The highest BCUT2D eigenvalue weighted by Gasteiger charge is 2.38. The van der Waals surface area contributed by atoms with E-state index in [4.69, 9.17) is 14.2 Å². The predicted molar refractivity (Wildman–Crippen MR) is 84.5 cm³/mol. The van der Waals surface area contributed by atoms with Crippen LogP contribution in [0.4, 0.5) is 0 Å². The van der Waals surface area contributed by atoms with Crippen molar-refractivity contribution in [3.05, 3.63) is 17.7 Å². The molecule has 1 aromatic carbocycles. The van der Waals surface area contributed by atoms with Crippen LogP contribution in [0, 0.1) is 0 Å². The van der Waals surface area contributed by atoms with Crippen LogP contribution >= 0.6 is 0 Å². The van der Waals surface area contributed by atoms with Gasteiger partial charge in [0.25, 0.3) is 0 Å². The van der Waals surface area contributed by atoms with Gasteiger partial charge in [-0.05, 0) is 46.4 Å². The van der Waals surface area contributed by atoms with Gasteiger partial charge in [0.2, 0.25) is 5.75 Å². The van der Waals surface area contributed by atoms with E-state index >= 15 is 0 Å². The van der Waals surface area contributed by atoms with E-state index in [-0.39, 0.29) is 11.6 Å². The molecule has 0 aromatic heterocycles. The summed E-state index contributed by atoms with van der Waals surface area (Å²) >= 11 is 0. The molecule has 0 fully saturated rings. The summed E-state index contributed by atoms with van der Waals surface area (Å²) in [6.07, 6.45) is 1.90. The zero-order valence-corrected chi connectivity index (χ0v) is 13.8. The largest absolute Gasteiger partial charge is 0.490 e. The summed E-state index contributed by atoms with van der Waals surface area (Å²) in [7, 11) is 1.99. The predicted octanol–water partition coefficient (Wildman–Crippen LogP) is 3.70. The van der Waals surface area contributed by atoms with Crippen LogP contribution in [-0.4, -0.2) is 25.9 Å². The third kappa shape index (κ3) is 3.10. The Bertz CT molecular complexity index is 489. The molecule has 4 heteroatoms. The van der Waals surface area contributed by atoms with E-state index in [0.29, 0.717) is 13.2 Å². The zero-order valence-electron chi connectivity index (χ0n) is 13.8. The lowest BCUT2D eigenvalue weighted by atomic mass is 9.86. The Hall–Kier alpha value is -1.42. The van der Waals surface area contributed by atoms with E-state index in [1.54, 1.807) is 0 Å². The maximum absolute atomic E-state index is 6.33. The lowest BCUT2D eigenvalue weighted by Gasteiger charge is -2.40. The van der Waals surface area contributed by atoms with Crippen LogP contribution in [0.3, 0.4) is 0 Å². The first-order valence-electron chi connectivity index (χ1n) is 7.87. The number of benzene rings is 1. The number of nitrogens with one attached hydrogen (secondary N) is 1. The fourth-order valence-corrected chi connectivity index (χ4v) is 2.79. The summed E-state index contributed by atoms with van der Waals surface area (Å²) in [4.78, 5) is 0. The molecule has 1 aliphatic heterocycles. The number of hydrogen-bond donors (Lipinski definition) is 1. The van der Waals surface area contributed by atoms with Crippen molar-refractivity contribution in [1.29, 1.82) is 0 Å². The number of hydrogen-bond acceptors (Lipinski definition) is 4. The Balaban J connectivity index is 2.53. The molecular formula is C17H27NO3. The molecule has 0 saturated heterocycles. The molecule has 0 aliphatic carbocycles. The van der Waals surface area contributed by atoms with Gasteiger partial charge in [-0.15, -0.1) is 0 Å². The molecule has 4 nitrogen and oxygen atoms in total. The Morgan fingerprint density at radius 1 is 1.24 bits per heavy atom. The van der Waals surface area contributed by atoms with Crippen LogP contribution in [0.25, 0.3) is 0 Å². The van der Waals surface area contributed by atoms with Gasteiger partial charge in [0, 0.05) is 18.0 Å². The summed E-state index contributed by atoms with van der Waals surface area (Å²) in [6, 6.07) is 4.34. The molecule has 1 heterocycles. The first kappa shape index (κ1) is 16.0. The molecule has 2 rings (SSSR count). The van der Waals surface area contributed by atoms with Gasteiger partial charge in [-0.2, -0.15) is 0 Å². The lowest BCUT2D eigenvalue weighted by Crippen LogP contribution is -2.40. The van der Waals surface area contributed by atoms with Gasteiger partial charge in [0.15, 0.2) is 11.5 Å². The Morgan fingerprint density at radius 2 is 1.95 bits per heavy atom. The van der Waals surface area contributed by atoms with Crippen molar-refractivity contribution in [2.24, 2.45) is 0 Å². The standard InChI is InChI=1S/C17H27NO3/c1-6-17(4)11-13(18-5)12-9-10-14(19-7-2)16(20-8-3)15(12)21-17/h9-10,13,18H,6-8,11H2,1-5H3. The van der Waals surface area contributed by atoms with E-state index in [1.165, 1.54) is 0 Å². The number of ether oxygens (including phenoxy) is 3. The summed E-state index contributed by atoms with van der Waals surface area (Å²) in [6.45, 7) is 9.47. The zero-order chi connectivity index (χ0) is 15.5. The molecule has 118 valence electrons. The Labute approximate surface area is 127 Å². The van der Waals surface area contributed by atoms with Crippen molar-refractivity contribution in [2.75, 3.05) is 20.3 Å². The summed E-state index contributed by atoms with van der Waals surface area (Å²) < 4.78 is 17.9. The Kier molecular flexibility index (Phi) is 4.99. The monoisotopic (exact) mass is 293 g/mol. The lowest BCUT2D eigenvalue weighted by molar-refractivity contribution is 0.0409. The third-order valence-electron chi connectivity index (χ3n) is 4.15. The van der Waals surface area contributed by atoms with Crippen LogP contribution < -0.4 is 19.5 Å². The van der Waals surface area contributed by atoms with Gasteiger partial charge in [-0.25, -0.2) is 0 Å². The molecule has 0 spiro atoms. The quantitative estimate of drug-likeness (QED) is 0.868. The average molecular weight is 293 g/mol. The normalized spacial score (nSPS) is 24.1. The van der Waals surface area contributed by atoms with E-state index in [1.807, 2.05) is 27.0 Å². The van der Waals surface area contributed by atoms with Gasteiger partial charge in [-0.1, -0.05) is 6.92 Å². The molecule has 0 radical (unpaired) electrons. The fraction of sp³-hybridized carbons (Fsp3) is 0.647. The van der Waals surface area contributed by atoms with E-state index in [9.17, 15) is 0 Å². The molecule has 0 amide bonds. The van der Waals surface area contributed by atoms with Gasteiger partial charge in [-0.3, -0.25) is 0 Å². The van der Waals surface area contributed by atoms with Crippen molar-refractivity contribution >= 4 is 0 Å². The minimum absolute atomic E-state index is 0.183. The number of fused-ring (bicyclic) bond motifs is 1. The summed E-state index contributed by atoms with van der Waals surface area (Å²) in [5.74, 6) is 2.32. The second kappa shape index (κ2) is 6.56. The van der Waals surface area contributed by atoms with Crippen LogP contribution in [0.2, 0.25) is 0 Å². The van der Waals surface area contributed by atoms with E-state index < -0.39 is 0 Å². The van der Waals surface area contributed by atoms with Crippen molar-refractivity contribution in [3.63, 3.8) is 0 Å². The Morgan fingerprint density at radius 3 is 2.52 bits per heavy atom. The van der Waals surface area contributed by atoms with Crippen molar-refractivity contribution in [3.8, 4) is 17.2 Å². The second-order valence-electron chi connectivity index (χ2n) is 5.63. The molecule has 1 aliphatic rings. The summed E-state index contributed by atoms with van der Waals surface area (Å²) in [5.41, 5.74) is 0.965. The highest BCUT2D eigenvalue weighted by atomic mass is 16.6. The molecule has 2 atom stereocenters. The molecular weight excluding hydrogens is 266 g/mol. The minimum Gasteiger partial charge on any atom is -0.490 e. The molecule has 1 N–H and O–H groups in total. The highest BCUT2D eigenvalue weighted by Crippen LogP contribution is 2.49. The maximum atomic E-state index is 6.33. The van der Waals surface area contributed by atoms with E-state index in [0.717, 1.165) is 35.7 Å². The van der Waals surface area contributed by atoms with Crippen molar-refractivity contribution < 1.29 is 14.2 Å². The van der Waals surface area contributed by atoms with E-state index in [2.05, 4.69) is 25.2 Å². The van der Waals surface area contributed by atoms with Gasteiger partial charge in [0.05, 0.1) is 13.2 Å². The highest BCUT2D eigenvalue weighted by molar-refractivity contribution is 5.58. The average Bonchev–Trinajstić information content (AvgIpc) is 2.49. The smallest absolute Gasteiger partial charge is 0.203 e. The summed E-state index contributed by atoms with van der Waals surface area (Å²) in [5, 5.41) is 3.39. The van der Waals surface area contributed by atoms with Crippen molar-refractivity contribution in [2.45, 2.75) is 52.2 Å². The topological polar surface area (TPSA) is 39.7 Å². The first-order valence-corrected chi connectivity index (χ1v) is 7.87. The molecule has 2 unspecified atom stereocenters. The number of rotatable bonds is 6. The molecule has 0 saturated carbocycles. The molecule has 0 bridgehead atoms. The minimum atomic E-state index is -0.183. The first-order chi connectivity index (χ1) is 10.1. The van der Waals surface area contributed by atoms with Crippen molar-refractivity contribution in [1.82, 2.24) is 5.32 Å². The van der Waals surface area contributed by atoms with Gasteiger partial charge < -0.3 is 19.5 Å². The van der Waals surface area contributed by atoms with Crippen LogP contribution in [0.1, 0.15) is 52.1 Å². The second-order valence-corrected chi connectivity index (χ2v) is 5.63. The molecule has 21 heavy (non-hydrogen) atoms. The fourth-order valence-electron chi connectivity index (χ4n) is 2.79.